The molecule has 3 rings (SSSR count). The molecule has 1 heterocycles. The van der Waals surface area contributed by atoms with Gasteiger partial charge in [-0.15, -0.1) is 0 Å². The van der Waals surface area contributed by atoms with Gasteiger partial charge in [0, 0.05) is 17.9 Å². The molecule has 1 unspecified atom stereocenters. The van der Waals surface area contributed by atoms with Gasteiger partial charge in [-0.2, -0.15) is 0 Å². The fraction of sp³-hybridized carbons (Fsp3) is 0.474. The Balaban J connectivity index is 1.96. The van der Waals surface area contributed by atoms with Crippen LogP contribution in [0, 0.1) is 17.8 Å². The molecule has 3 fully saturated rings. The Kier molecular flexibility index (Phi) is 4.43. The Labute approximate surface area is 146 Å². The van der Waals surface area contributed by atoms with Crippen LogP contribution in [0.1, 0.15) is 12.8 Å². The van der Waals surface area contributed by atoms with E-state index in [4.69, 9.17) is 14.6 Å². The van der Waals surface area contributed by atoms with Gasteiger partial charge in [-0.3, -0.25) is 0 Å². The molecule has 25 heavy (non-hydrogen) atoms. The van der Waals surface area contributed by atoms with Gasteiger partial charge in [0.15, 0.2) is 0 Å². The lowest BCUT2D eigenvalue weighted by molar-refractivity contribution is -0.148. The maximum Gasteiger partial charge on any atom is 0.336 e. The highest BCUT2D eigenvalue weighted by Crippen LogP contribution is 2.52. The van der Waals surface area contributed by atoms with E-state index in [2.05, 4.69) is 26.3 Å². The Morgan fingerprint density at radius 1 is 1.28 bits per heavy atom. The van der Waals surface area contributed by atoms with Crippen LogP contribution in [-0.4, -0.2) is 47.1 Å². The van der Waals surface area contributed by atoms with E-state index >= 15 is 0 Å². The van der Waals surface area contributed by atoms with Gasteiger partial charge in [0.2, 0.25) is 0 Å². The van der Waals surface area contributed by atoms with E-state index in [1.54, 1.807) is 0 Å². The third kappa shape index (κ3) is 2.75. The predicted octanol–water partition coefficient (Wildman–Crippen LogP) is 1.06. The van der Waals surface area contributed by atoms with Crippen molar-refractivity contribution in [3.63, 3.8) is 0 Å². The van der Waals surface area contributed by atoms with Crippen LogP contribution in [0.5, 0.6) is 0 Å². The number of aliphatic hydroxyl groups is 2. The van der Waals surface area contributed by atoms with Gasteiger partial charge in [0.1, 0.15) is 12.2 Å². The van der Waals surface area contributed by atoms with E-state index in [1.165, 1.54) is 0 Å². The van der Waals surface area contributed by atoms with Crippen LogP contribution >= 0.6 is 0 Å². The summed E-state index contributed by atoms with van der Waals surface area (Å²) in [7, 11) is 0. The summed E-state index contributed by atoms with van der Waals surface area (Å²) in [5.74, 6) is -2.18. The number of aliphatic hydroxyl groups excluding tert-OH is 2. The summed E-state index contributed by atoms with van der Waals surface area (Å²) in [6.07, 6.45) is -1.19. The molecule has 0 aromatic heterocycles. The molecule has 1 aliphatic heterocycles. The zero-order chi connectivity index (χ0) is 18.5. The molecule has 134 valence electrons. The van der Waals surface area contributed by atoms with Crippen LogP contribution < -0.4 is 0 Å². The Morgan fingerprint density at radius 2 is 1.96 bits per heavy atom. The average molecular weight is 346 g/mol. The number of carbonyl (C=O) groups is 2. The highest BCUT2D eigenvalue weighted by molar-refractivity contribution is 5.92. The van der Waals surface area contributed by atoms with Crippen LogP contribution in [0.15, 0.2) is 48.6 Å². The van der Waals surface area contributed by atoms with E-state index in [0.717, 1.165) is 5.57 Å². The molecule has 2 N–H and O–H groups in total. The highest BCUT2D eigenvalue weighted by Gasteiger charge is 2.56. The smallest absolute Gasteiger partial charge is 0.336 e. The lowest BCUT2D eigenvalue weighted by Crippen LogP contribution is -2.36. The summed E-state index contributed by atoms with van der Waals surface area (Å²) < 4.78 is 11.0. The van der Waals surface area contributed by atoms with Crippen LogP contribution in [0.3, 0.4) is 0 Å². The van der Waals surface area contributed by atoms with Crippen LogP contribution in [0.4, 0.5) is 0 Å². The molecule has 0 aromatic carbocycles. The molecule has 3 aliphatic rings. The SMILES string of the molecule is C=C(CO)C(=O)O[C@H]1CC(=C)[C@@H]2CC(O)C(=C)[C@H]2[C@@H]2OC(=O)C(=C)[C@H]21. The minimum absolute atomic E-state index is 0.0673. The first-order valence-corrected chi connectivity index (χ1v) is 8.20. The molecule has 6 heteroatoms. The third-order valence-corrected chi connectivity index (χ3v) is 5.51. The number of fused-ring (bicyclic) bond motifs is 3. The van der Waals surface area contributed by atoms with Crippen LogP contribution in [0.2, 0.25) is 0 Å². The molecule has 0 aromatic rings. The molecule has 0 spiro atoms. The first-order valence-electron chi connectivity index (χ1n) is 8.20. The molecule has 0 amide bonds. The number of hydrogen-bond acceptors (Lipinski definition) is 6. The zero-order valence-corrected chi connectivity index (χ0v) is 13.9. The maximum atomic E-state index is 12.1. The van der Waals surface area contributed by atoms with Crippen LogP contribution in [-0.2, 0) is 19.1 Å². The maximum absolute atomic E-state index is 12.1. The highest BCUT2D eigenvalue weighted by atomic mass is 16.6. The lowest BCUT2D eigenvalue weighted by atomic mass is 9.81. The Morgan fingerprint density at radius 3 is 2.60 bits per heavy atom. The molecule has 0 bridgehead atoms. The number of ether oxygens (including phenoxy) is 2. The van der Waals surface area contributed by atoms with Crippen LogP contribution in [0.25, 0.3) is 0 Å². The summed E-state index contributed by atoms with van der Waals surface area (Å²) in [5.41, 5.74) is 1.59. The van der Waals surface area contributed by atoms with Gasteiger partial charge in [-0.25, -0.2) is 9.59 Å². The van der Waals surface area contributed by atoms with Gasteiger partial charge in [0.05, 0.1) is 24.2 Å². The predicted molar refractivity (Wildman–Crippen MR) is 89.1 cm³/mol. The second-order valence-corrected chi connectivity index (χ2v) is 6.95. The van der Waals surface area contributed by atoms with Crippen molar-refractivity contribution in [1.29, 1.82) is 0 Å². The third-order valence-electron chi connectivity index (χ3n) is 5.51. The molecule has 2 saturated carbocycles. The molecule has 1 saturated heterocycles. The molecular weight excluding hydrogens is 324 g/mol. The molecule has 0 radical (unpaired) electrons. The Bertz CT molecular complexity index is 690. The monoisotopic (exact) mass is 346 g/mol. The van der Waals surface area contributed by atoms with Gasteiger partial charge in [0.25, 0.3) is 0 Å². The summed E-state index contributed by atoms with van der Waals surface area (Å²) >= 11 is 0. The first-order chi connectivity index (χ1) is 11.8. The fourth-order valence-corrected chi connectivity index (χ4v) is 4.16. The van der Waals surface area contributed by atoms with Crippen molar-refractivity contribution in [2.45, 2.75) is 31.2 Å². The largest absolute Gasteiger partial charge is 0.458 e. The lowest BCUT2D eigenvalue weighted by Gasteiger charge is -2.28. The summed E-state index contributed by atoms with van der Waals surface area (Å²) in [5, 5.41) is 19.2. The van der Waals surface area contributed by atoms with Gasteiger partial charge >= 0.3 is 11.9 Å². The van der Waals surface area contributed by atoms with E-state index in [-0.39, 0.29) is 23.0 Å². The first kappa shape index (κ1) is 17.6. The molecule has 6 nitrogen and oxygen atoms in total. The number of rotatable bonds is 3. The second kappa shape index (κ2) is 6.28. The van der Waals surface area contributed by atoms with E-state index < -0.39 is 42.8 Å². The van der Waals surface area contributed by atoms with E-state index in [0.29, 0.717) is 18.4 Å². The summed E-state index contributed by atoms with van der Waals surface area (Å²) in [6, 6.07) is 0. The van der Waals surface area contributed by atoms with Crippen molar-refractivity contribution in [2.24, 2.45) is 17.8 Å². The van der Waals surface area contributed by atoms with Crippen molar-refractivity contribution in [1.82, 2.24) is 0 Å². The number of hydrogen-bond donors (Lipinski definition) is 2. The van der Waals surface area contributed by atoms with Gasteiger partial charge < -0.3 is 19.7 Å². The summed E-state index contributed by atoms with van der Waals surface area (Å²) in [4.78, 5) is 24.2. The van der Waals surface area contributed by atoms with E-state index in [9.17, 15) is 14.7 Å². The van der Waals surface area contributed by atoms with Crippen molar-refractivity contribution >= 4 is 11.9 Å². The van der Waals surface area contributed by atoms with Crippen molar-refractivity contribution in [3.05, 3.63) is 48.6 Å². The van der Waals surface area contributed by atoms with Crippen molar-refractivity contribution in [3.8, 4) is 0 Å². The normalized spacial score (nSPS) is 37.2. The van der Waals surface area contributed by atoms with Gasteiger partial charge in [-0.1, -0.05) is 31.9 Å². The summed E-state index contributed by atoms with van der Waals surface area (Å²) in [6.45, 7) is 14.8. The van der Waals surface area contributed by atoms with Crippen molar-refractivity contribution < 1.29 is 29.3 Å². The fourth-order valence-electron chi connectivity index (χ4n) is 4.16. The minimum Gasteiger partial charge on any atom is -0.458 e. The topological polar surface area (TPSA) is 93.1 Å². The minimum atomic E-state index is -0.725. The number of esters is 2. The van der Waals surface area contributed by atoms with Crippen molar-refractivity contribution in [2.75, 3.05) is 6.61 Å². The number of carbonyl (C=O) groups excluding carboxylic acids is 2. The van der Waals surface area contributed by atoms with Gasteiger partial charge in [-0.05, 0) is 17.9 Å². The molecule has 6 atom stereocenters. The molecule has 2 aliphatic carbocycles. The average Bonchev–Trinajstić information content (AvgIpc) is 2.99. The second-order valence-electron chi connectivity index (χ2n) is 6.95. The zero-order valence-electron chi connectivity index (χ0n) is 13.9. The quantitative estimate of drug-likeness (QED) is 0.451. The standard InChI is InChI=1S/C19H22O6/c1-8-5-14(24-18(22)9(2)7-20)16-11(4)19(23)25-17(16)15-10(3)13(21)6-12(8)15/h12-17,20-21H,1-7H2/t12-,13?,14-,15+,16-,17-/m0/s1. The molecular formula is C19H22O6. The van der Waals surface area contributed by atoms with E-state index in [1.807, 2.05) is 0 Å². The Hall–Kier alpha value is -2.18.